The summed E-state index contributed by atoms with van der Waals surface area (Å²) in [5.41, 5.74) is -0.962. The van der Waals surface area contributed by atoms with Crippen LogP contribution >= 0.6 is 0 Å². The van der Waals surface area contributed by atoms with Gasteiger partial charge in [-0.15, -0.1) is 0 Å². The number of rotatable bonds is 2. The Morgan fingerprint density at radius 2 is 1.81 bits per heavy atom. The molecule has 7 heteroatoms. The zero-order valence-electron chi connectivity index (χ0n) is 15.3. The highest BCUT2D eigenvalue weighted by Gasteiger charge is 2.49. The van der Waals surface area contributed by atoms with Crippen LogP contribution in [0.5, 0.6) is 0 Å². The topological polar surface area (TPSA) is 43.8 Å². The van der Waals surface area contributed by atoms with Gasteiger partial charge in [-0.05, 0) is 51.7 Å². The molecule has 0 aromatic heterocycles. The highest BCUT2D eigenvalue weighted by molar-refractivity contribution is 5.67. The van der Waals surface area contributed by atoms with E-state index >= 15 is 0 Å². The molecule has 1 heterocycles. The largest absolute Gasteiger partial charge is 0.465 e. The lowest BCUT2D eigenvalue weighted by atomic mass is 9.93. The molecule has 2 fully saturated rings. The lowest BCUT2D eigenvalue weighted by Gasteiger charge is -2.40. The van der Waals surface area contributed by atoms with Crippen LogP contribution in [0, 0.1) is 11.8 Å². The molecule has 0 bridgehead atoms. The summed E-state index contributed by atoms with van der Waals surface area (Å²) in [5.74, 6) is 0.289. The van der Waals surface area contributed by atoms with Gasteiger partial charge in [-0.2, -0.15) is 13.2 Å². The molecule has 1 amide bonds. The van der Waals surface area contributed by atoms with E-state index in [1.807, 2.05) is 20.8 Å². The monoisotopic (exact) mass is 370 g/mol. The van der Waals surface area contributed by atoms with Gasteiger partial charge in [0.25, 0.3) is 0 Å². The fourth-order valence-corrected chi connectivity index (χ4v) is 4.67. The molecular formula is C19H25F3N2O2. The second kappa shape index (κ2) is 6.35. The van der Waals surface area contributed by atoms with Crippen LogP contribution in [0.25, 0.3) is 0 Å². The number of hydrogen-bond donors (Lipinski definition) is 1. The van der Waals surface area contributed by atoms with Crippen LogP contribution in [0.2, 0.25) is 0 Å². The number of benzene rings is 1. The van der Waals surface area contributed by atoms with Gasteiger partial charge in [0, 0.05) is 36.3 Å². The molecule has 1 aliphatic heterocycles. The van der Waals surface area contributed by atoms with Crippen molar-refractivity contribution >= 4 is 11.8 Å². The minimum atomic E-state index is -4.40. The van der Waals surface area contributed by atoms with Crippen molar-refractivity contribution in [1.82, 2.24) is 4.90 Å². The minimum absolute atomic E-state index is 0.0617. The zero-order valence-corrected chi connectivity index (χ0v) is 15.3. The van der Waals surface area contributed by atoms with Gasteiger partial charge in [0.15, 0.2) is 0 Å². The van der Waals surface area contributed by atoms with E-state index < -0.39 is 23.4 Å². The third-order valence-electron chi connectivity index (χ3n) is 5.63. The van der Waals surface area contributed by atoms with E-state index in [1.165, 1.54) is 17.0 Å². The Bertz CT molecular complexity index is 684. The molecule has 2 aliphatic rings. The molecule has 144 valence electrons. The zero-order chi connectivity index (χ0) is 19.3. The average Bonchev–Trinajstić information content (AvgIpc) is 3.07. The maximum atomic E-state index is 13.3. The number of halogens is 3. The van der Waals surface area contributed by atoms with Crippen LogP contribution in [0.4, 0.5) is 23.7 Å². The van der Waals surface area contributed by atoms with Crippen molar-refractivity contribution in [3.05, 3.63) is 29.8 Å². The van der Waals surface area contributed by atoms with E-state index in [-0.39, 0.29) is 23.6 Å². The Labute approximate surface area is 151 Å². The lowest BCUT2D eigenvalue weighted by Crippen LogP contribution is -2.53. The van der Waals surface area contributed by atoms with Gasteiger partial charge >= 0.3 is 12.3 Å². The molecule has 3 atom stereocenters. The summed E-state index contributed by atoms with van der Waals surface area (Å²) >= 11 is 0. The van der Waals surface area contributed by atoms with E-state index in [9.17, 15) is 23.1 Å². The molecule has 1 aromatic rings. The molecule has 0 unspecified atom stereocenters. The van der Waals surface area contributed by atoms with Gasteiger partial charge in [-0.1, -0.05) is 12.1 Å². The molecule has 1 aromatic carbocycles. The summed E-state index contributed by atoms with van der Waals surface area (Å²) in [6.07, 6.45) is -3.74. The van der Waals surface area contributed by atoms with E-state index in [0.717, 1.165) is 18.9 Å². The van der Waals surface area contributed by atoms with Crippen LogP contribution in [0.3, 0.4) is 0 Å². The van der Waals surface area contributed by atoms with Crippen LogP contribution in [-0.4, -0.2) is 40.8 Å². The summed E-state index contributed by atoms with van der Waals surface area (Å²) in [6, 6.07) is 5.49. The molecule has 1 N–H and O–H groups in total. The molecular weight excluding hydrogens is 345 g/mol. The maximum absolute atomic E-state index is 13.3. The molecule has 3 rings (SSSR count). The summed E-state index contributed by atoms with van der Waals surface area (Å²) in [7, 11) is 0. The van der Waals surface area contributed by atoms with Crippen LogP contribution < -0.4 is 4.90 Å². The summed E-state index contributed by atoms with van der Waals surface area (Å²) in [6.45, 7) is 6.59. The van der Waals surface area contributed by atoms with Gasteiger partial charge in [0.1, 0.15) is 0 Å². The van der Waals surface area contributed by atoms with Crippen molar-refractivity contribution in [2.75, 3.05) is 18.0 Å². The molecule has 1 saturated heterocycles. The predicted octanol–water partition coefficient (Wildman–Crippen LogP) is 4.70. The SMILES string of the molecule is CC(C)(C)N(C(=O)O)[C@H]1CC[C@@H]2CN(c3ccccc3C(F)(F)F)C[C@@H]21. The predicted molar refractivity (Wildman–Crippen MR) is 93.3 cm³/mol. The number of nitrogens with zero attached hydrogens (tertiary/aromatic N) is 2. The van der Waals surface area contributed by atoms with Gasteiger partial charge in [0.05, 0.1) is 5.56 Å². The Kier molecular flexibility index (Phi) is 4.61. The first-order valence-electron chi connectivity index (χ1n) is 8.93. The average molecular weight is 370 g/mol. The van der Waals surface area contributed by atoms with E-state index in [4.69, 9.17) is 0 Å². The maximum Gasteiger partial charge on any atom is 0.418 e. The summed E-state index contributed by atoms with van der Waals surface area (Å²) in [4.78, 5) is 15.1. The Morgan fingerprint density at radius 3 is 2.38 bits per heavy atom. The third kappa shape index (κ3) is 3.35. The second-order valence-electron chi connectivity index (χ2n) is 8.31. The quantitative estimate of drug-likeness (QED) is 0.821. The van der Waals surface area contributed by atoms with Crippen molar-refractivity contribution < 1.29 is 23.1 Å². The third-order valence-corrected chi connectivity index (χ3v) is 5.63. The van der Waals surface area contributed by atoms with E-state index in [0.29, 0.717) is 13.1 Å². The molecule has 1 saturated carbocycles. The molecule has 0 radical (unpaired) electrons. The highest BCUT2D eigenvalue weighted by atomic mass is 19.4. The number of carbonyl (C=O) groups is 1. The number of para-hydroxylation sites is 1. The number of anilines is 1. The number of carboxylic acid groups (broad SMARTS) is 1. The Hall–Kier alpha value is -1.92. The van der Waals surface area contributed by atoms with Gasteiger partial charge in [-0.3, -0.25) is 0 Å². The Balaban J connectivity index is 1.86. The van der Waals surface area contributed by atoms with Crippen LogP contribution in [0.15, 0.2) is 24.3 Å². The number of amides is 1. The first kappa shape index (κ1) is 18.9. The number of alkyl halides is 3. The van der Waals surface area contributed by atoms with Crippen molar-refractivity contribution in [2.45, 2.75) is 51.4 Å². The molecule has 0 spiro atoms. The standard InChI is InChI=1S/C19H25F3N2O2/c1-18(2,3)24(17(25)26)15-9-8-12-10-23(11-13(12)15)16-7-5-4-6-14(16)19(20,21)22/h4-7,12-13,15H,8-11H2,1-3H3,(H,25,26)/t12-,13+,15+/m1/s1. The van der Waals surface area contributed by atoms with Gasteiger partial charge in [-0.25, -0.2) is 4.79 Å². The van der Waals surface area contributed by atoms with Crippen LogP contribution in [-0.2, 0) is 6.18 Å². The minimum Gasteiger partial charge on any atom is -0.465 e. The summed E-state index contributed by atoms with van der Waals surface area (Å²) < 4.78 is 40.0. The highest BCUT2D eigenvalue weighted by Crippen LogP contribution is 2.46. The first-order valence-corrected chi connectivity index (χ1v) is 8.93. The summed E-state index contributed by atoms with van der Waals surface area (Å²) in [5, 5.41) is 9.69. The van der Waals surface area contributed by atoms with Crippen molar-refractivity contribution in [3.8, 4) is 0 Å². The second-order valence-corrected chi connectivity index (χ2v) is 8.31. The normalized spacial score (nSPS) is 26.1. The fourth-order valence-electron chi connectivity index (χ4n) is 4.67. The van der Waals surface area contributed by atoms with E-state index in [2.05, 4.69) is 0 Å². The number of hydrogen-bond acceptors (Lipinski definition) is 2. The Morgan fingerprint density at radius 1 is 1.15 bits per heavy atom. The van der Waals surface area contributed by atoms with Gasteiger partial charge < -0.3 is 14.9 Å². The number of fused-ring (bicyclic) bond motifs is 1. The first-order chi connectivity index (χ1) is 12.0. The van der Waals surface area contributed by atoms with E-state index in [1.54, 1.807) is 11.0 Å². The molecule has 26 heavy (non-hydrogen) atoms. The van der Waals surface area contributed by atoms with Crippen LogP contribution in [0.1, 0.15) is 39.2 Å². The van der Waals surface area contributed by atoms with Gasteiger partial charge in [0.2, 0.25) is 0 Å². The van der Waals surface area contributed by atoms with Crippen molar-refractivity contribution in [2.24, 2.45) is 11.8 Å². The van der Waals surface area contributed by atoms with Crippen molar-refractivity contribution in [1.29, 1.82) is 0 Å². The molecule has 4 nitrogen and oxygen atoms in total. The smallest absolute Gasteiger partial charge is 0.418 e. The fraction of sp³-hybridized carbons (Fsp3) is 0.632. The van der Waals surface area contributed by atoms with Crippen molar-refractivity contribution in [3.63, 3.8) is 0 Å². The molecule has 1 aliphatic carbocycles. The lowest BCUT2D eigenvalue weighted by molar-refractivity contribution is -0.137.